The van der Waals surface area contributed by atoms with Gasteiger partial charge in [0.15, 0.2) is 0 Å². The van der Waals surface area contributed by atoms with Gasteiger partial charge in [-0.05, 0) is 11.5 Å². The Labute approximate surface area is 79.9 Å². The van der Waals surface area contributed by atoms with Gasteiger partial charge < -0.3 is 11.5 Å². The van der Waals surface area contributed by atoms with Gasteiger partial charge in [-0.15, -0.1) is 0 Å². The molecule has 1 rings (SSSR count). The lowest BCUT2D eigenvalue weighted by atomic mass is 9.93. The normalized spacial score (nSPS) is 15.8. The van der Waals surface area contributed by atoms with Gasteiger partial charge in [-0.3, -0.25) is 0 Å². The fourth-order valence-electron chi connectivity index (χ4n) is 1.31. The van der Waals surface area contributed by atoms with Crippen LogP contribution < -0.4 is 11.5 Å². The molecule has 1 aromatic rings. The Balaban J connectivity index is 2.73. The second-order valence-electron chi connectivity index (χ2n) is 3.76. The van der Waals surface area contributed by atoms with E-state index in [1.807, 2.05) is 30.3 Å². The summed E-state index contributed by atoms with van der Waals surface area (Å²) in [6.45, 7) is 4.18. The van der Waals surface area contributed by atoms with Gasteiger partial charge >= 0.3 is 0 Å². The molecular formula is C11H18N2. The highest BCUT2D eigenvalue weighted by atomic mass is 14.8. The van der Waals surface area contributed by atoms with Crippen LogP contribution >= 0.6 is 0 Å². The van der Waals surface area contributed by atoms with Crippen molar-refractivity contribution >= 4 is 0 Å². The van der Waals surface area contributed by atoms with Gasteiger partial charge in [0.25, 0.3) is 0 Å². The molecule has 0 aliphatic heterocycles. The Kier molecular flexibility index (Phi) is 3.46. The highest BCUT2D eigenvalue weighted by Crippen LogP contribution is 2.16. The average molecular weight is 178 g/mol. The number of rotatable bonds is 3. The Morgan fingerprint density at radius 3 is 2.00 bits per heavy atom. The molecule has 0 saturated heterocycles. The first-order valence-electron chi connectivity index (χ1n) is 4.69. The van der Waals surface area contributed by atoms with Gasteiger partial charge in [-0.1, -0.05) is 44.2 Å². The van der Waals surface area contributed by atoms with Crippen LogP contribution in [0.3, 0.4) is 0 Å². The molecule has 0 spiro atoms. The van der Waals surface area contributed by atoms with Crippen LogP contribution in [0.15, 0.2) is 30.3 Å². The Bertz CT molecular complexity index is 244. The SMILES string of the molecule is CC(C)[C@H](N)[C@@H](N)c1ccccc1. The fraction of sp³-hybridized carbons (Fsp3) is 0.455. The molecule has 0 amide bonds. The van der Waals surface area contributed by atoms with Crippen molar-refractivity contribution in [3.05, 3.63) is 35.9 Å². The van der Waals surface area contributed by atoms with Crippen molar-refractivity contribution in [3.63, 3.8) is 0 Å². The summed E-state index contributed by atoms with van der Waals surface area (Å²) in [6, 6.07) is 9.98. The van der Waals surface area contributed by atoms with Crippen LogP contribution in [0.1, 0.15) is 25.5 Å². The summed E-state index contributed by atoms with van der Waals surface area (Å²) in [6.07, 6.45) is 0. The molecule has 0 aliphatic rings. The second kappa shape index (κ2) is 4.40. The zero-order chi connectivity index (χ0) is 9.84. The van der Waals surface area contributed by atoms with E-state index in [0.717, 1.165) is 5.56 Å². The predicted molar refractivity (Wildman–Crippen MR) is 56.2 cm³/mol. The van der Waals surface area contributed by atoms with E-state index in [-0.39, 0.29) is 12.1 Å². The molecule has 2 atom stereocenters. The number of hydrogen-bond donors (Lipinski definition) is 2. The van der Waals surface area contributed by atoms with Crippen LogP contribution in [0.25, 0.3) is 0 Å². The molecular weight excluding hydrogens is 160 g/mol. The molecule has 0 saturated carbocycles. The fourth-order valence-corrected chi connectivity index (χ4v) is 1.31. The minimum Gasteiger partial charge on any atom is -0.326 e. The standard InChI is InChI=1S/C11H18N2/c1-8(2)10(12)11(13)9-6-4-3-5-7-9/h3-8,10-11H,12-13H2,1-2H3/t10-,11-/m0/s1. The van der Waals surface area contributed by atoms with Crippen molar-refractivity contribution in [1.29, 1.82) is 0 Å². The van der Waals surface area contributed by atoms with Crippen molar-refractivity contribution in [2.75, 3.05) is 0 Å². The van der Waals surface area contributed by atoms with E-state index in [2.05, 4.69) is 13.8 Å². The summed E-state index contributed by atoms with van der Waals surface area (Å²) in [5.41, 5.74) is 13.1. The lowest BCUT2D eigenvalue weighted by Crippen LogP contribution is -2.38. The zero-order valence-corrected chi connectivity index (χ0v) is 8.27. The van der Waals surface area contributed by atoms with Crippen LogP contribution in [0, 0.1) is 5.92 Å². The van der Waals surface area contributed by atoms with Crippen molar-refractivity contribution in [1.82, 2.24) is 0 Å². The first-order chi connectivity index (χ1) is 6.13. The monoisotopic (exact) mass is 178 g/mol. The van der Waals surface area contributed by atoms with Crippen molar-refractivity contribution in [2.24, 2.45) is 17.4 Å². The minimum atomic E-state index is -0.0544. The quantitative estimate of drug-likeness (QED) is 0.739. The molecule has 0 aromatic heterocycles. The molecule has 0 bridgehead atoms. The number of hydrogen-bond acceptors (Lipinski definition) is 2. The maximum absolute atomic E-state index is 6.01. The minimum absolute atomic E-state index is 0.0300. The van der Waals surface area contributed by atoms with E-state index in [1.165, 1.54) is 0 Å². The molecule has 72 valence electrons. The van der Waals surface area contributed by atoms with E-state index in [1.54, 1.807) is 0 Å². The zero-order valence-electron chi connectivity index (χ0n) is 8.27. The molecule has 1 aromatic carbocycles. The average Bonchev–Trinajstić information content (AvgIpc) is 2.17. The maximum atomic E-state index is 6.01. The topological polar surface area (TPSA) is 52.0 Å². The molecule has 2 heteroatoms. The third-order valence-corrected chi connectivity index (χ3v) is 2.37. The van der Waals surface area contributed by atoms with Gasteiger partial charge in [0.1, 0.15) is 0 Å². The number of benzene rings is 1. The van der Waals surface area contributed by atoms with E-state index in [4.69, 9.17) is 11.5 Å². The summed E-state index contributed by atoms with van der Waals surface area (Å²) < 4.78 is 0. The summed E-state index contributed by atoms with van der Waals surface area (Å²) in [5, 5.41) is 0. The van der Waals surface area contributed by atoms with E-state index < -0.39 is 0 Å². The number of nitrogens with two attached hydrogens (primary N) is 2. The maximum Gasteiger partial charge on any atom is 0.0451 e. The van der Waals surface area contributed by atoms with E-state index in [0.29, 0.717) is 5.92 Å². The van der Waals surface area contributed by atoms with Gasteiger partial charge in [0.05, 0.1) is 0 Å². The first kappa shape index (κ1) is 10.2. The van der Waals surface area contributed by atoms with E-state index in [9.17, 15) is 0 Å². The van der Waals surface area contributed by atoms with Crippen LogP contribution in [0.5, 0.6) is 0 Å². The van der Waals surface area contributed by atoms with Crippen molar-refractivity contribution in [2.45, 2.75) is 25.9 Å². The van der Waals surface area contributed by atoms with Gasteiger partial charge in [0, 0.05) is 12.1 Å². The summed E-state index contributed by atoms with van der Waals surface area (Å²) in [4.78, 5) is 0. The molecule has 0 aliphatic carbocycles. The molecule has 0 unspecified atom stereocenters. The Hall–Kier alpha value is -0.860. The summed E-state index contributed by atoms with van der Waals surface area (Å²) in [5.74, 6) is 0.412. The Morgan fingerprint density at radius 2 is 1.54 bits per heavy atom. The van der Waals surface area contributed by atoms with Crippen molar-refractivity contribution < 1.29 is 0 Å². The Morgan fingerprint density at radius 1 is 1.00 bits per heavy atom. The van der Waals surface area contributed by atoms with Crippen molar-refractivity contribution in [3.8, 4) is 0 Å². The molecule has 13 heavy (non-hydrogen) atoms. The van der Waals surface area contributed by atoms with Gasteiger partial charge in [0.2, 0.25) is 0 Å². The van der Waals surface area contributed by atoms with Crippen LogP contribution in [0.4, 0.5) is 0 Å². The molecule has 0 fully saturated rings. The third-order valence-electron chi connectivity index (χ3n) is 2.37. The third kappa shape index (κ3) is 2.54. The molecule has 0 radical (unpaired) electrons. The molecule has 4 N–H and O–H groups in total. The van der Waals surface area contributed by atoms with Gasteiger partial charge in [-0.25, -0.2) is 0 Å². The highest BCUT2D eigenvalue weighted by Gasteiger charge is 2.17. The van der Waals surface area contributed by atoms with Crippen LogP contribution in [-0.2, 0) is 0 Å². The van der Waals surface area contributed by atoms with E-state index >= 15 is 0 Å². The first-order valence-corrected chi connectivity index (χ1v) is 4.69. The van der Waals surface area contributed by atoms with Crippen LogP contribution in [-0.4, -0.2) is 6.04 Å². The van der Waals surface area contributed by atoms with Crippen LogP contribution in [0.2, 0.25) is 0 Å². The second-order valence-corrected chi connectivity index (χ2v) is 3.76. The highest BCUT2D eigenvalue weighted by molar-refractivity contribution is 5.20. The summed E-state index contributed by atoms with van der Waals surface area (Å²) >= 11 is 0. The van der Waals surface area contributed by atoms with Gasteiger partial charge in [-0.2, -0.15) is 0 Å². The molecule has 0 heterocycles. The lowest BCUT2D eigenvalue weighted by Gasteiger charge is -2.23. The summed E-state index contributed by atoms with van der Waals surface area (Å²) in [7, 11) is 0. The largest absolute Gasteiger partial charge is 0.326 e. The predicted octanol–water partition coefficient (Wildman–Crippen LogP) is 1.67. The smallest absolute Gasteiger partial charge is 0.0451 e. The molecule has 2 nitrogen and oxygen atoms in total. The lowest BCUT2D eigenvalue weighted by molar-refractivity contribution is 0.423.